The van der Waals surface area contributed by atoms with Crippen LogP contribution in [0.15, 0.2) is 40.2 Å². The number of sulfonamides is 1. The van der Waals surface area contributed by atoms with Crippen molar-refractivity contribution in [2.24, 2.45) is 0 Å². The Balaban J connectivity index is 1.09. The van der Waals surface area contributed by atoms with Crippen molar-refractivity contribution in [3.63, 3.8) is 0 Å². The number of hydrogen-bond acceptors (Lipinski definition) is 13. The van der Waals surface area contributed by atoms with Crippen LogP contribution in [0, 0.1) is 0 Å². The minimum atomic E-state index is -3.36. The fourth-order valence-corrected chi connectivity index (χ4v) is 9.88. The van der Waals surface area contributed by atoms with E-state index in [1.165, 1.54) is 24.5 Å². The lowest BCUT2D eigenvalue weighted by Gasteiger charge is -2.29. The summed E-state index contributed by atoms with van der Waals surface area (Å²) in [5.41, 5.74) is -0.556. The monoisotopic (exact) mass is 891 g/mol. The number of halogens is 2. The lowest BCUT2D eigenvalue weighted by atomic mass is 9.92. The molecule has 4 aliphatic rings. The summed E-state index contributed by atoms with van der Waals surface area (Å²) in [6, 6.07) is 3.17. The third-order valence-corrected chi connectivity index (χ3v) is 12.9. The molecule has 3 aromatic rings. The van der Waals surface area contributed by atoms with E-state index < -0.39 is 57.5 Å². The van der Waals surface area contributed by atoms with Gasteiger partial charge in [0.2, 0.25) is 10.0 Å². The standard InChI is InChI=1S/C38H47Cl2N9O10S/c1-60(56,57)46-25-9-7-24(8-10-25)44-38(55)59-28-16-29(48(20-28)31-17-41-45-34(50)32(31)39)21-13-22(36(52)53)15-26(14-21)49-35(51)33(40)30(18-42-49)47-12-11-27(19-47)58-37(54)43-23-5-3-2-4-6-23/h13-15,17-18,23-25,27-29,46H,2-12,16,19-20H2,1H3,(H,43,54)(H,44,55)(H,45,50)(H,52,53)/t24?,25?,27-,28-,29?/m1/s1. The van der Waals surface area contributed by atoms with E-state index in [1.807, 2.05) is 4.90 Å². The number of hydrogen-bond donors (Lipinski definition) is 5. The summed E-state index contributed by atoms with van der Waals surface area (Å²) in [5, 5.41) is 26.2. The first kappa shape index (κ1) is 43.2. The number of alkyl carbamates (subject to hydrolysis) is 2. The highest BCUT2D eigenvalue weighted by atomic mass is 35.5. The van der Waals surface area contributed by atoms with Gasteiger partial charge >= 0.3 is 18.2 Å². The second-order valence-electron chi connectivity index (χ2n) is 15.8. The first-order valence-corrected chi connectivity index (χ1v) is 22.6. The normalized spacial score (nSPS) is 23.6. The van der Waals surface area contributed by atoms with Gasteiger partial charge in [-0.1, -0.05) is 42.5 Å². The van der Waals surface area contributed by atoms with Crippen molar-refractivity contribution in [1.29, 1.82) is 0 Å². The number of aromatic nitrogens is 4. The Morgan fingerprint density at radius 1 is 0.833 bits per heavy atom. The highest BCUT2D eigenvalue weighted by Crippen LogP contribution is 2.40. The Morgan fingerprint density at radius 2 is 1.50 bits per heavy atom. The Bertz CT molecular complexity index is 2330. The second-order valence-corrected chi connectivity index (χ2v) is 18.4. The first-order chi connectivity index (χ1) is 28.6. The molecule has 3 atom stereocenters. The van der Waals surface area contributed by atoms with Crippen molar-refractivity contribution in [1.82, 2.24) is 35.3 Å². The van der Waals surface area contributed by atoms with Gasteiger partial charge in [0.05, 0.1) is 60.4 Å². The van der Waals surface area contributed by atoms with Crippen LogP contribution in [0.5, 0.6) is 0 Å². The number of aromatic amines is 1. The fourth-order valence-electron chi connectivity index (χ4n) is 8.59. The van der Waals surface area contributed by atoms with Gasteiger partial charge in [-0.2, -0.15) is 14.9 Å². The number of amides is 2. The van der Waals surface area contributed by atoms with Crippen LogP contribution in [0.1, 0.15) is 92.6 Å². The SMILES string of the molecule is CS(=O)(=O)NC1CCC(NC(=O)O[C@@H]2CC(c3cc(C(=O)O)cc(-n4ncc(N5CC[C@@H](OC(=O)NC6CCCCC6)C5)c(Cl)c4=O)c3)N(c3cn[nH]c(=O)c3Cl)C2)CC1. The number of nitrogens with zero attached hydrogens (tertiary/aromatic N) is 5. The summed E-state index contributed by atoms with van der Waals surface area (Å²) in [6.07, 6.45) is 9.41. The molecule has 2 amide bonds. The molecule has 1 aromatic carbocycles. The van der Waals surface area contributed by atoms with E-state index in [9.17, 15) is 37.5 Å². The van der Waals surface area contributed by atoms with Crippen molar-refractivity contribution < 1.29 is 37.4 Å². The molecule has 7 rings (SSSR count). The maximum Gasteiger partial charge on any atom is 0.407 e. The molecule has 324 valence electrons. The van der Waals surface area contributed by atoms with E-state index >= 15 is 0 Å². The van der Waals surface area contributed by atoms with Gasteiger partial charge in [0.15, 0.2) is 0 Å². The van der Waals surface area contributed by atoms with E-state index in [1.54, 1.807) is 11.0 Å². The van der Waals surface area contributed by atoms with Crippen LogP contribution in [0.4, 0.5) is 21.0 Å². The number of H-pyrrole nitrogens is 1. The molecular formula is C38H47Cl2N9O10S. The molecule has 0 spiro atoms. The van der Waals surface area contributed by atoms with Gasteiger partial charge in [-0.3, -0.25) is 9.59 Å². The molecule has 2 saturated heterocycles. The second kappa shape index (κ2) is 18.4. The molecule has 2 aliphatic heterocycles. The summed E-state index contributed by atoms with van der Waals surface area (Å²) in [4.78, 5) is 68.2. The first-order valence-electron chi connectivity index (χ1n) is 19.9. The number of rotatable bonds is 11. The minimum absolute atomic E-state index is 0.0438. The molecule has 2 aliphatic carbocycles. The zero-order chi connectivity index (χ0) is 42.7. The summed E-state index contributed by atoms with van der Waals surface area (Å²) in [7, 11) is -3.36. The molecule has 1 unspecified atom stereocenters. The number of anilines is 2. The third kappa shape index (κ3) is 10.3. The lowest BCUT2D eigenvalue weighted by Crippen LogP contribution is -2.44. The van der Waals surface area contributed by atoms with Gasteiger partial charge in [0.1, 0.15) is 22.3 Å². The average Bonchev–Trinajstić information content (AvgIpc) is 3.84. The topological polar surface area (TPSA) is 247 Å². The van der Waals surface area contributed by atoms with Gasteiger partial charge in [0, 0.05) is 37.5 Å². The molecule has 60 heavy (non-hydrogen) atoms. The van der Waals surface area contributed by atoms with E-state index in [0.29, 0.717) is 56.4 Å². The Morgan fingerprint density at radius 3 is 2.18 bits per heavy atom. The number of ether oxygens (including phenoxy) is 2. The Labute approximate surface area is 355 Å². The number of carboxylic acids is 1. The molecule has 2 saturated carbocycles. The highest BCUT2D eigenvalue weighted by molar-refractivity contribution is 7.88. The number of carboxylic acid groups (broad SMARTS) is 1. The number of carbonyl (C=O) groups excluding carboxylic acids is 2. The molecule has 5 N–H and O–H groups in total. The van der Waals surface area contributed by atoms with Crippen LogP contribution >= 0.6 is 23.2 Å². The number of carbonyl (C=O) groups is 3. The van der Waals surface area contributed by atoms with Gasteiger partial charge < -0.3 is 35.0 Å². The Hall–Kier alpha value is -4.92. The molecule has 2 aromatic heterocycles. The number of benzene rings is 1. The van der Waals surface area contributed by atoms with Crippen molar-refractivity contribution >= 4 is 62.8 Å². The van der Waals surface area contributed by atoms with Gasteiger partial charge in [-0.05, 0) is 62.3 Å². The average molecular weight is 893 g/mol. The molecule has 4 fully saturated rings. The Kier molecular flexibility index (Phi) is 13.2. The van der Waals surface area contributed by atoms with Crippen LogP contribution in [0.25, 0.3) is 5.69 Å². The summed E-state index contributed by atoms with van der Waals surface area (Å²) in [5.74, 6) is -1.29. The maximum absolute atomic E-state index is 13.9. The van der Waals surface area contributed by atoms with Crippen LogP contribution in [-0.2, 0) is 19.5 Å². The molecule has 0 bridgehead atoms. The van der Waals surface area contributed by atoms with Crippen molar-refractivity contribution in [3.05, 3.63) is 72.5 Å². The van der Waals surface area contributed by atoms with E-state index in [-0.39, 0.29) is 58.1 Å². The van der Waals surface area contributed by atoms with Gasteiger partial charge in [-0.25, -0.2) is 32.6 Å². The molecule has 22 heteroatoms. The number of aromatic carboxylic acids is 1. The van der Waals surface area contributed by atoms with Crippen LogP contribution < -0.4 is 36.3 Å². The van der Waals surface area contributed by atoms with Crippen molar-refractivity contribution in [2.75, 3.05) is 35.7 Å². The van der Waals surface area contributed by atoms with E-state index in [0.717, 1.165) is 43.0 Å². The highest BCUT2D eigenvalue weighted by Gasteiger charge is 2.38. The largest absolute Gasteiger partial charge is 0.478 e. The molecule has 19 nitrogen and oxygen atoms in total. The number of nitrogens with one attached hydrogen (secondary N) is 4. The lowest BCUT2D eigenvalue weighted by molar-refractivity contribution is 0.0696. The summed E-state index contributed by atoms with van der Waals surface area (Å²) >= 11 is 13.2. The predicted molar refractivity (Wildman–Crippen MR) is 221 cm³/mol. The summed E-state index contributed by atoms with van der Waals surface area (Å²) < 4.78 is 38.4. The van der Waals surface area contributed by atoms with E-state index in [2.05, 4.69) is 30.7 Å². The van der Waals surface area contributed by atoms with Crippen LogP contribution in [0.3, 0.4) is 0 Å². The van der Waals surface area contributed by atoms with Crippen LogP contribution in [-0.4, -0.2) is 108 Å². The molecular weight excluding hydrogens is 845 g/mol. The van der Waals surface area contributed by atoms with Gasteiger partial charge in [-0.15, -0.1) is 0 Å². The predicted octanol–water partition coefficient (Wildman–Crippen LogP) is 3.87. The molecule has 4 heterocycles. The van der Waals surface area contributed by atoms with E-state index in [4.69, 9.17) is 32.7 Å². The fraction of sp³-hybridized carbons (Fsp3) is 0.553. The quantitative estimate of drug-likeness (QED) is 0.184. The zero-order valence-corrected chi connectivity index (χ0v) is 35.1. The third-order valence-electron chi connectivity index (χ3n) is 11.5. The van der Waals surface area contributed by atoms with Gasteiger partial charge in [0.25, 0.3) is 11.1 Å². The van der Waals surface area contributed by atoms with Crippen LogP contribution in [0.2, 0.25) is 10.0 Å². The van der Waals surface area contributed by atoms with Crippen molar-refractivity contribution in [3.8, 4) is 5.69 Å². The summed E-state index contributed by atoms with van der Waals surface area (Å²) in [6.45, 7) is 0.791. The minimum Gasteiger partial charge on any atom is -0.478 e. The molecule has 0 radical (unpaired) electrons. The zero-order valence-electron chi connectivity index (χ0n) is 32.8. The maximum atomic E-state index is 13.9. The van der Waals surface area contributed by atoms with Crippen molar-refractivity contribution in [2.45, 2.75) is 107 Å². The smallest absolute Gasteiger partial charge is 0.407 e.